The molecule has 8 heteroatoms. The zero-order valence-electron chi connectivity index (χ0n) is 14.8. The molecule has 0 aliphatic carbocycles. The van der Waals surface area contributed by atoms with Crippen LogP contribution in [-0.2, 0) is 4.79 Å². The number of benzene rings is 1. The minimum atomic E-state index is -1.02. The van der Waals surface area contributed by atoms with Gasteiger partial charge in [-0.2, -0.15) is 0 Å². The average molecular weight is 348 g/mol. The molecule has 1 aliphatic heterocycles. The van der Waals surface area contributed by atoms with E-state index in [1.807, 2.05) is 20.8 Å². The SMILES string of the molecule is CC(=O)N1c2ccc(C(N)=NO)cc2[C@H](N(C(=O)O)C(C)C)C[C@@H]1C. The molecule has 0 unspecified atom stereocenters. The molecule has 0 fully saturated rings. The summed E-state index contributed by atoms with van der Waals surface area (Å²) in [4.78, 5) is 26.9. The minimum absolute atomic E-state index is 0.0685. The number of oxime groups is 1. The van der Waals surface area contributed by atoms with Crippen molar-refractivity contribution in [1.82, 2.24) is 4.90 Å². The van der Waals surface area contributed by atoms with E-state index >= 15 is 0 Å². The van der Waals surface area contributed by atoms with Crippen molar-refractivity contribution in [2.75, 3.05) is 4.90 Å². The number of carbonyl (C=O) groups is 2. The second kappa shape index (κ2) is 7.00. The van der Waals surface area contributed by atoms with E-state index < -0.39 is 12.1 Å². The number of rotatable bonds is 3. The molecular formula is C17H24N4O4. The van der Waals surface area contributed by atoms with Gasteiger partial charge in [0, 0.05) is 30.3 Å². The van der Waals surface area contributed by atoms with E-state index in [1.165, 1.54) is 11.8 Å². The first-order chi connectivity index (χ1) is 11.7. The lowest BCUT2D eigenvalue weighted by Crippen LogP contribution is -2.48. The summed E-state index contributed by atoms with van der Waals surface area (Å²) in [5.41, 5.74) is 7.48. The highest BCUT2D eigenvalue weighted by Crippen LogP contribution is 2.41. The van der Waals surface area contributed by atoms with Crippen molar-refractivity contribution in [3.63, 3.8) is 0 Å². The van der Waals surface area contributed by atoms with Crippen molar-refractivity contribution in [2.24, 2.45) is 10.9 Å². The van der Waals surface area contributed by atoms with Crippen molar-refractivity contribution in [3.8, 4) is 0 Å². The summed E-state index contributed by atoms with van der Waals surface area (Å²) < 4.78 is 0. The zero-order chi connectivity index (χ0) is 18.9. The number of nitrogens with two attached hydrogens (primary N) is 1. The van der Waals surface area contributed by atoms with Gasteiger partial charge < -0.3 is 20.9 Å². The van der Waals surface area contributed by atoms with E-state index in [1.54, 1.807) is 23.1 Å². The predicted octanol–water partition coefficient (Wildman–Crippen LogP) is 2.36. The molecule has 0 radical (unpaired) electrons. The average Bonchev–Trinajstić information content (AvgIpc) is 2.52. The quantitative estimate of drug-likeness (QED) is 0.335. The number of carboxylic acid groups (broad SMARTS) is 1. The van der Waals surface area contributed by atoms with Gasteiger partial charge in [0.15, 0.2) is 5.84 Å². The first-order valence-corrected chi connectivity index (χ1v) is 8.11. The standard InChI is InChI=1S/C17H24N4O4/c1-9(2)20(17(23)24)15-7-10(3)21(11(4)22)14-6-5-12(8-13(14)15)16(18)19-25/h5-6,8-10,15,25H,7H2,1-4H3,(H2,18,19)(H,23,24)/t10-,15+/m0/s1. The van der Waals surface area contributed by atoms with Gasteiger partial charge >= 0.3 is 6.09 Å². The Bertz CT molecular complexity index is 717. The summed E-state index contributed by atoms with van der Waals surface area (Å²) in [6, 6.07) is 4.25. The molecule has 1 heterocycles. The summed E-state index contributed by atoms with van der Waals surface area (Å²) in [6.07, 6.45) is -0.555. The van der Waals surface area contributed by atoms with Crippen molar-refractivity contribution in [3.05, 3.63) is 29.3 Å². The lowest BCUT2D eigenvalue weighted by atomic mass is 9.88. The van der Waals surface area contributed by atoms with Crippen LogP contribution in [0, 0.1) is 0 Å². The smallest absolute Gasteiger partial charge is 0.408 e. The van der Waals surface area contributed by atoms with Crippen molar-refractivity contribution in [1.29, 1.82) is 0 Å². The number of hydrogen-bond acceptors (Lipinski definition) is 4. The fraction of sp³-hybridized carbons (Fsp3) is 0.471. The molecule has 2 atom stereocenters. The fourth-order valence-corrected chi connectivity index (χ4v) is 3.51. The van der Waals surface area contributed by atoms with Crippen LogP contribution >= 0.6 is 0 Å². The maximum absolute atomic E-state index is 12.1. The van der Waals surface area contributed by atoms with Crippen molar-refractivity contribution >= 4 is 23.5 Å². The van der Waals surface area contributed by atoms with Crippen LogP contribution in [0.15, 0.2) is 23.4 Å². The third-order valence-electron chi connectivity index (χ3n) is 4.51. The van der Waals surface area contributed by atoms with Crippen LogP contribution in [0.1, 0.15) is 51.3 Å². The van der Waals surface area contributed by atoms with Crippen LogP contribution in [0.4, 0.5) is 10.5 Å². The van der Waals surface area contributed by atoms with Crippen molar-refractivity contribution < 1.29 is 19.9 Å². The van der Waals surface area contributed by atoms with Gasteiger partial charge in [-0.15, -0.1) is 0 Å². The molecule has 0 saturated heterocycles. The van der Waals surface area contributed by atoms with Gasteiger partial charge in [-0.1, -0.05) is 5.16 Å². The van der Waals surface area contributed by atoms with Crippen LogP contribution in [0.5, 0.6) is 0 Å². The third-order valence-corrected chi connectivity index (χ3v) is 4.51. The molecule has 1 aromatic rings. The van der Waals surface area contributed by atoms with E-state index in [0.717, 1.165) is 0 Å². The van der Waals surface area contributed by atoms with Crippen LogP contribution in [-0.4, -0.2) is 45.1 Å². The molecule has 25 heavy (non-hydrogen) atoms. The number of carbonyl (C=O) groups excluding carboxylic acids is 1. The van der Waals surface area contributed by atoms with Gasteiger partial charge in [0.1, 0.15) is 0 Å². The summed E-state index contributed by atoms with van der Waals surface area (Å²) in [5.74, 6) is -0.184. The largest absolute Gasteiger partial charge is 0.465 e. The molecule has 4 N–H and O–H groups in total. The highest BCUT2D eigenvalue weighted by atomic mass is 16.4. The van der Waals surface area contributed by atoms with Gasteiger partial charge in [0.05, 0.1) is 6.04 Å². The molecule has 1 aromatic carbocycles. The highest BCUT2D eigenvalue weighted by molar-refractivity contribution is 5.99. The Hall–Kier alpha value is -2.77. The normalized spacial score (nSPS) is 20.4. The summed E-state index contributed by atoms with van der Waals surface area (Å²) in [5, 5.41) is 21.6. The van der Waals surface area contributed by atoms with E-state index in [9.17, 15) is 14.7 Å². The van der Waals surface area contributed by atoms with Crippen LogP contribution < -0.4 is 10.6 Å². The molecule has 2 amide bonds. The van der Waals surface area contributed by atoms with E-state index in [-0.39, 0.29) is 23.8 Å². The third kappa shape index (κ3) is 3.38. The number of amidine groups is 1. The summed E-state index contributed by atoms with van der Waals surface area (Å²) in [6.45, 7) is 7.00. The van der Waals surface area contributed by atoms with Crippen LogP contribution in [0.3, 0.4) is 0 Å². The molecule has 0 bridgehead atoms. The van der Waals surface area contributed by atoms with Gasteiger partial charge in [-0.3, -0.25) is 9.69 Å². The second-order valence-corrected chi connectivity index (χ2v) is 6.53. The first kappa shape index (κ1) is 18.6. The lowest BCUT2D eigenvalue weighted by molar-refractivity contribution is -0.117. The van der Waals surface area contributed by atoms with Gasteiger partial charge in [-0.05, 0) is 51.0 Å². The van der Waals surface area contributed by atoms with Crippen molar-refractivity contribution in [2.45, 2.75) is 52.2 Å². The number of hydrogen-bond donors (Lipinski definition) is 3. The number of nitrogens with zero attached hydrogens (tertiary/aromatic N) is 3. The highest BCUT2D eigenvalue weighted by Gasteiger charge is 2.38. The molecule has 0 spiro atoms. The van der Waals surface area contributed by atoms with E-state index in [2.05, 4.69) is 5.16 Å². The Balaban J connectivity index is 2.67. The topological polar surface area (TPSA) is 119 Å². The lowest BCUT2D eigenvalue weighted by Gasteiger charge is -2.43. The van der Waals surface area contributed by atoms with E-state index in [0.29, 0.717) is 23.2 Å². The Labute approximate surface area is 146 Å². The number of anilines is 1. The Kier molecular flexibility index (Phi) is 5.20. The molecule has 1 aliphatic rings. The van der Waals surface area contributed by atoms with Gasteiger partial charge in [0.25, 0.3) is 0 Å². The molecule has 136 valence electrons. The van der Waals surface area contributed by atoms with Crippen LogP contribution in [0.25, 0.3) is 0 Å². The molecule has 8 nitrogen and oxygen atoms in total. The molecule has 0 aromatic heterocycles. The minimum Gasteiger partial charge on any atom is -0.465 e. The number of fused-ring (bicyclic) bond motifs is 1. The maximum atomic E-state index is 12.1. The fourth-order valence-electron chi connectivity index (χ4n) is 3.51. The molecule has 0 saturated carbocycles. The summed E-state index contributed by atoms with van der Waals surface area (Å²) in [7, 11) is 0. The van der Waals surface area contributed by atoms with Gasteiger partial charge in [0.2, 0.25) is 5.91 Å². The second-order valence-electron chi connectivity index (χ2n) is 6.53. The van der Waals surface area contributed by atoms with E-state index in [4.69, 9.17) is 10.9 Å². The summed E-state index contributed by atoms with van der Waals surface area (Å²) >= 11 is 0. The Morgan fingerprint density at radius 2 is 2.04 bits per heavy atom. The monoisotopic (exact) mass is 348 g/mol. The predicted molar refractivity (Wildman–Crippen MR) is 93.9 cm³/mol. The van der Waals surface area contributed by atoms with Crippen LogP contribution in [0.2, 0.25) is 0 Å². The molecular weight excluding hydrogens is 324 g/mol. The Morgan fingerprint density at radius 1 is 1.40 bits per heavy atom. The number of amides is 2. The Morgan fingerprint density at radius 3 is 2.52 bits per heavy atom. The maximum Gasteiger partial charge on any atom is 0.408 e. The van der Waals surface area contributed by atoms with Gasteiger partial charge in [-0.25, -0.2) is 4.79 Å². The first-order valence-electron chi connectivity index (χ1n) is 8.11. The molecule has 2 rings (SSSR count). The zero-order valence-corrected chi connectivity index (χ0v) is 14.8.